The molecule has 0 fully saturated rings. The normalized spacial score (nSPS) is 10.5. The molecule has 0 aliphatic carbocycles. The summed E-state index contributed by atoms with van der Waals surface area (Å²) in [5, 5.41) is 3.94. The first-order valence-corrected chi connectivity index (χ1v) is 8.44. The van der Waals surface area contributed by atoms with E-state index in [0.717, 1.165) is 11.1 Å². The first-order valence-electron chi connectivity index (χ1n) is 8.44. The van der Waals surface area contributed by atoms with Crippen molar-refractivity contribution in [3.8, 4) is 5.75 Å². The van der Waals surface area contributed by atoms with Crippen LogP contribution in [-0.2, 0) is 11.2 Å². The van der Waals surface area contributed by atoms with E-state index in [1.165, 1.54) is 6.21 Å². The average molecular weight is 358 g/mol. The van der Waals surface area contributed by atoms with Gasteiger partial charge in [-0.2, -0.15) is 5.10 Å². The predicted molar refractivity (Wildman–Crippen MR) is 104 cm³/mol. The molecule has 1 N–H and O–H groups in total. The van der Waals surface area contributed by atoms with Gasteiger partial charge in [0.25, 0.3) is 0 Å². The molecule has 5 nitrogen and oxygen atoms in total. The van der Waals surface area contributed by atoms with Gasteiger partial charge in [-0.3, -0.25) is 4.79 Å². The third kappa shape index (κ3) is 5.64. The minimum Gasteiger partial charge on any atom is -0.423 e. The Kier molecular flexibility index (Phi) is 6.09. The van der Waals surface area contributed by atoms with Gasteiger partial charge in [-0.1, -0.05) is 48.5 Å². The summed E-state index contributed by atoms with van der Waals surface area (Å²) in [6.45, 7) is 0. The van der Waals surface area contributed by atoms with E-state index in [0.29, 0.717) is 11.3 Å². The predicted octanol–water partition coefficient (Wildman–Crippen LogP) is 3.60. The van der Waals surface area contributed by atoms with Gasteiger partial charge in [0.1, 0.15) is 5.75 Å². The first-order chi connectivity index (χ1) is 13.2. The van der Waals surface area contributed by atoms with Crippen LogP contribution >= 0.6 is 0 Å². The Balaban J connectivity index is 1.50. The van der Waals surface area contributed by atoms with Crippen LogP contribution < -0.4 is 10.2 Å². The van der Waals surface area contributed by atoms with Crippen molar-refractivity contribution in [1.29, 1.82) is 0 Å². The summed E-state index contributed by atoms with van der Waals surface area (Å²) in [5.41, 5.74) is 4.68. The molecule has 5 heteroatoms. The second-order valence-corrected chi connectivity index (χ2v) is 5.78. The Morgan fingerprint density at radius 1 is 0.852 bits per heavy atom. The molecule has 3 rings (SSSR count). The zero-order chi connectivity index (χ0) is 18.9. The maximum atomic E-state index is 12.0. The lowest BCUT2D eigenvalue weighted by atomic mass is 10.1. The van der Waals surface area contributed by atoms with Crippen molar-refractivity contribution >= 4 is 18.1 Å². The van der Waals surface area contributed by atoms with Crippen molar-refractivity contribution in [2.45, 2.75) is 6.42 Å². The van der Waals surface area contributed by atoms with Gasteiger partial charge in [0, 0.05) is 0 Å². The molecule has 0 bridgehead atoms. The molecule has 0 unspecified atom stereocenters. The van der Waals surface area contributed by atoms with Crippen molar-refractivity contribution in [3.05, 3.63) is 102 Å². The molecule has 0 saturated carbocycles. The first kappa shape index (κ1) is 18.1. The Hall–Kier alpha value is -3.73. The van der Waals surface area contributed by atoms with Crippen molar-refractivity contribution in [1.82, 2.24) is 5.43 Å². The van der Waals surface area contributed by atoms with Gasteiger partial charge < -0.3 is 4.74 Å². The number of amides is 1. The Labute approximate surface area is 157 Å². The van der Waals surface area contributed by atoms with Crippen LogP contribution in [0.1, 0.15) is 21.5 Å². The number of hydrogen-bond donors (Lipinski definition) is 1. The summed E-state index contributed by atoms with van der Waals surface area (Å²) in [5.74, 6) is -0.162. The summed E-state index contributed by atoms with van der Waals surface area (Å²) < 4.78 is 5.31. The van der Waals surface area contributed by atoms with Crippen molar-refractivity contribution in [2.75, 3.05) is 0 Å². The van der Waals surface area contributed by atoms with Gasteiger partial charge in [0.15, 0.2) is 0 Å². The molecule has 3 aromatic rings. The molecule has 0 spiro atoms. The van der Waals surface area contributed by atoms with E-state index < -0.39 is 5.97 Å². The van der Waals surface area contributed by atoms with E-state index in [1.54, 1.807) is 48.5 Å². The number of nitrogens with one attached hydrogen (secondary N) is 1. The zero-order valence-corrected chi connectivity index (χ0v) is 14.5. The van der Waals surface area contributed by atoms with Crippen molar-refractivity contribution < 1.29 is 14.3 Å². The molecular formula is C22H18N2O3. The van der Waals surface area contributed by atoms with Crippen LogP contribution in [0.25, 0.3) is 0 Å². The van der Waals surface area contributed by atoms with Crippen molar-refractivity contribution in [3.63, 3.8) is 0 Å². The molecule has 0 aromatic heterocycles. The number of nitrogens with zero attached hydrogens (tertiary/aromatic N) is 1. The van der Waals surface area contributed by atoms with E-state index in [-0.39, 0.29) is 12.3 Å². The maximum Gasteiger partial charge on any atom is 0.343 e. The minimum absolute atomic E-state index is 0.189. The fraction of sp³-hybridized carbons (Fsp3) is 0.0455. The quantitative estimate of drug-likeness (QED) is 0.317. The standard InChI is InChI=1S/C22H18N2O3/c25-21(15-17-7-3-1-4-8-17)24-23-16-18-11-13-20(14-12-18)27-22(26)19-9-5-2-6-10-19/h1-14,16H,15H2,(H,24,25)/b23-16-. The third-order valence-electron chi connectivity index (χ3n) is 3.71. The molecule has 3 aromatic carbocycles. The number of hydrogen-bond acceptors (Lipinski definition) is 4. The van der Waals surface area contributed by atoms with E-state index in [2.05, 4.69) is 10.5 Å². The van der Waals surface area contributed by atoms with Crippen LogP contribution in [-0.4, -0.2) is 18.1 Å². The summed E-state index contributed by atoms with van der Waals surface area (Å²) in [4.78, 5) is 23.8. The Morgan fingerprint density at radius 3 is 2.15 bits per heavy atom. The lowest BCUT2D eigenvalue weighted by Crippen LogP contribution is -2.19. The molecule has 0 heterocycles. The van der Waals surface area contributed by atoms with E-state index in [4.69, 9.17) is 4.74 Å². The number of benzene rings is 3. The number of hydrazone groups is 1. The molecule has 0 aliphatic heterocycles. The molecule has 0 radical (unpaired) electrons. The van der Waals surface area contributed by atoms with Crippen LogP contribution in [0.15, 0.2) is 90.0 Å². The van der Waals surface area contributed by atoms with Crippen LogP contribution in [0.2, 0.25) is 0 Å². The van der Waals surface area contributed by atoms with Gasteiger partial charge in [-0.25, -0.2) is 10.2 Å². The highest BCUT2D eigenvalue weighted by molar-refractivity contribution is 5.91. The molecule has 134 valence electrons. The van der Waals surface area contributed by atoms with Crippen LogP contribution in [0.3, 0.4) is 0 Å². The van der Waals surface area contributed by atoms with Gasteiger partial charge in [0.05, 0.1) is 18.2 Å². The summed E-state index contributed by atoms with van der Waals surface area (Å²) in [6.07, 6.45) is 1.80. The van der Waals surface area contributed by atoms with Gasteiger partial charge in [-0.05, 0) is 47.5 Å². The van der Waals surface area contributed by atoms with Gasteiger partial charge in [-0.15, -0.1) is 0 Å². The lowest BCUT2D eigenvalue weighted by molar-refractivity contribution is -0.120. The lowest BCUT2D eigenvalue weighted by Gasteiger charge is -2.04. The largest absolute Gasteiger partial charge is 0.423 e. The third-order valence-corrected chi connectivity index (χ3v) is 3.71. The molecular weight excluding hydrogens is 340 g/mol. The number of carbonyl (C=O) groups excluding carboxylic acids is 2. The highest BCUT2D eigenvalue weighted by atomic mass is 16.5. The van der Waals surface area contributed by atoms with Gasteiger partial charge >= 0.3 is 5.97 Å². The monoisotopic (exact) mass is 358 g/mol. The molecule has 0 saturated heterocycles. The fourth-order valence-electron chi connectivity index (χ4n) is 2.36. The minimum atomic E-state index is -0.412. The SMILES string of the molecule is O=C(Cc1ccccc1)N/N=C\c1ccc(OC(=O)c2ccccc2)cc1. The number of rotatable bonds is 6. The maximum absolute atomic E-state index is 12.0. The summed E-state index contributed by atoms with van der Waals surface area (Å²) >= 11 is 0. The topological polar surface area (TPSA) is 67.8 Å². The summed E-state index contributed by atoms with van der Waals surface area (Å²) in [6, 6.07) is 25.1. The number of ether oxygens (including phenoxy) is 1. The highest BCUT2D eigenvalue weighted by Crippen LogP contribution is 2.13. The summed E-state index contributed by atoms with van der Waals surface area (Å²) in [7, 11) is 0. The molecule has 0 atom stereocenters. The highest BCUT2D eigenvalue weighted by Gasteiger charge is 2.07. The fourth-order valence-corrected chi connectivity index (χ4v) is 2.36. The average Bonchev–Trinajstić information content (AvgIpc) is 2.71. The Bertz CT molecular complexity index is 921. The Morgan fingerprint density at radius 2 is 1.48 bits per heavy atom. The van der Waals surface area contributed by atoms with Crippen LogP contribution in [0.4, 0.5) is 0 Å². The molecule has 27 heavy (non-hydrogen) atoms. The van der Waals surface area contributed by atoms with Crippen LogP contribution in [0, 0.1) is 0 Å². The van der Waals surface area contributed by atoms with E-state index in [1.807, 2.05) is 36.4 Å². The van der Waals surface area contributed by atoms with Gasteiger partial charge in [0.2, 0.25) is 5.91 Å². The number of carbonyl (C=O) groups is 2. The molecule has 0 aliphatic rings. The van der Waals surface area contributed by atoms with E-state index in [9.17, 15) is 9.59 Å². The smallest absolute Gasteiger partial charge is 0.343 e. The second kappa shape index (κ2) is 9.10. The number of esters is 1. The van der Waals surface area contributed by atoms with E-state index >= 15 is 0 Å². The van der Waals surface area contributed by atoms with Crippen LogP contribution in [0.5, 0.6) is 5.75 Å². The second-order valence-electron chi connectivity index (χ2n) is 5.78. The molecule has 1 amide bonds. The zero-order valence-electron chi connectivity index (χ0n) is 14.5. The van der Waals surface area contributed by atoms with Crippen molar-refractivity contribution in [2.24, 2.45) is 5.10 Å².